The number of Topliss-reactive ketones (excluding diaryl/α,β-unsaturated/α-hetero) is 1. The Hall–Kier alpha value is -1.88. The number of carbonyl (C=O) groups excluding carboxylic acids is 1. The SMILES string of the molecule is C/C(=C\c1ccccc1)C(=O)CC#N. The second-order valence-electron chi connectivity index (χ2n) is 3.00. The van der Waals surface area contributed by atoms with E-state index in [-0.39, 0.29) is 12.2 Å². The molecule has 1 aromatic carbocycles. The minimum Gasteiger partial charge on any atom is -0.293 e. The number of ketones is 1. The topological polar surface area (TPSA) is 40.9 Å². The number of hydrogen-bond acceptors (Lipinski definition) is 2. The van der Waals surface area contributed by atoms with Gasteiger partial charge < -0.3 is 0 Å². The van der Waals surface area contributed by atoms with Crippen LogP contribution in [0.25, 0.3) is 6.08 Å². The van der Waals surface area contributed by atoms with Gasteiger partial charge in [0.15, 0.2) is 5.78 Å². The predicted octanol–water partition coefficient (Wildman–Crippen LogP) is 2.57. The molecule has 0 spiro atoms. The number of nitriles is 1. The van der Waals surface area contributed by atoms with Gasteiger partial charge in [-0.15, -0.1) is 0 Å². The Morgan fingerprint density at radius 2 is 2.07 bits per heavy atom. The fraction of sp³-hybridized carbons (Fsp3) is 0.167. The highest BCUT2D eigenvalue weighted by molar-refractivity contribution is 5.99. The van der Waals surface area contributed by atoms with Crippen LogP contribution in [0.4, 0.5) is 0 Å². The van der Waals surface area contributed by atoms with Crippen LogP contribution in [0.3, 0.4) is 0 Å². The second kappa shape index (κ2) is 4.98. The summed E-state index contributed by atoms with van der Waals surface area (Å²) in [6.07, 6.45) is 1.74. The normalized spacial score (nSPS) is 10.7. The van der Waals surface area contributed by atoms with Gasteiger partial charge >= 0.3 is 0 Å². The first-order valence-corrected chi connectivity index (χ1v) is 4.37. The maximum atomic E-state index is 11.3. The quantitative estimate of drug-likeness (QED) is 0.679. The van der Waals surface area contributed by atoms with Gasteiger partial charge in [0.1, 0.15) is 0 Å². The first-order chi connectivity index (χ1) is 6.74. The lowest BCUT2D eigenvalue weighted by atomic mass is 10.1. The predicted molar refractivity (Wildman–Crippen MR) is 55.3 cm³/mol. The zero-order valence-electron chi connectivity index (χ0n) is 8.03. The fourth-order valence-corrected chi connectivity index (χ4v) is 1.09. The van der Waals surface area contributed by atoms with Crippen LogP contribution in [0.2, 0.25) is 0 Å². The molecule has 14 heavy (non-hydrogen) atoms. The van der Waals surface area contributed by atoms with E-state index >= 15 is 0 Å². The summed E-state index contributed by atoms with van der Waals surface area (Å²) in [5.41, 5.74) is 1.61. The van der Waals surface area contributed by atoms with E-state index in [1.54, 1.807) is 13.0 Å². The summed E-state index contributed by atoms with van der Waals surface area (Å²) in [4.78, 5) is 11.3. The van der Waals surface area contributed by atoms with E-state index < -0.39 is 0 Å². The van der Waals surface area contributed by atoms with Gasteiger partial charge in [0.05, 0.1) is 12.5 Å². The molecule has 1 rings (SSSR count). The largest absolute Gasteiger partial charge is 0.293 e. The van der Waals surface area contributed by atoms with E-state index in [2.05, 4.69) is 0 Å². The lowest BCUT2D eigenvalue weighted by Crippen LogP contribution is -1.96. The number of hydrogen-bond donors (Lipinski definition) is 0. The minimum absolute atomic E-state index is 0.0465. The Morgan fingerprint density at radius 1 is 1.43 bits per heavy atom. The Bertz CT molecular complexity index is 385. The lowest BCUT2D eigenvalue weighted by molar-refractivity contribution is -0.114. The van der Waals surface area contributed by atoms with E-state index in [0.29, 0.717) is 5.57 Å². The molecule has 0 unspecified atom stereocenters. The number of rotatable bonds is 3. The van der Waals surface area contributed by atoms with E-state index in [0.717, 1.165) is 5.56 Å². The summed E-state index contributed by atoms with van der Waals surface area (Å²) in [6, 6.07) is 11.4. The molecule has 2 nitrogen and oxygen atoms in total. The Balaban J connectivity index is 2.80. The summed E-state index contributed by atoms with van der Waals surface area (Å²) >= 11 is 0. The van der Waals surface area contributed by atoms with Crippen LogP contribution in [-0.4, -0.2) is 5.78 Å². The molecule has 2 heteroatoms. The molecule has 0 amide bonds. The van der Waals surface area contributed by atoms with Crippen molar-refractivity contribution in [2.24, 2.45) is 0 Å². The molecule has 0 saturated heterocycles. The molecule has 0 aromatic heterocycles. The highest BCUT2D eigenvalue weighted by Crippen LogP contribution is 2.07. The summed E-state index contributed by atoms with van der Waals surface area (Å²) in [5.74, 6) is -0.114. The van der Waals surface area contributed by atoms with E-state index in [9.17, 15) is 4.79 Å². The van der Waals surface area contributed by atoms with Gasteiger partial charge in [-0.1, -0.05) is 30.3 Å². The number of allylic oxidation sites excluding steroid dienone is 1. The molecular formula is C12H11NO. The third kappa shape index (κ3) is 2.87. The summed E-state index contributed by atoms with van der Waals surface area (Å²) in [5, 5.41) is 8.35. The summed E-state index contributed by atoms with van der Waals surface area (Å²) < 4.78 is 0. The molecular weight excluding hydrogens is 174 g/mol. The van der Waals surface area contributed by atoms with E-state index in [4.69, 9.17) is 5.26 Å². The molecule has 0 heterocycles. The van der Waals surface area contributed by atoms with Crippen molar-refractivity contribution in [1.29, 1.82) is 5.26 Å². The van der Waals surface area contributed by atoms with Crippen LogP contribution in [-0.2, 0) is 4.79 Å². The van der Waals surface area contributed by atoms with Crippen LogP contribution in [0.1, 0.15) is 18.9 Å². The minimum atomic E-state index is -0.114. The first kappa shape index (κ1) is 10.2. The highest BCUT2D eigenvalue weighted by Gasteiger charge is 2.02. The van der Waals surface area contributed by atoms with Crippen molar-refractivity contribution in [2.75, 3.05) is 0 Å². The van der Waals surface area contributed by atoms with Crippen molar-refractivity contribution in [2.45, 2.75) is 13.3 Å². The van der Waals surface area contributed by atoms with Crippen molar-refractivity contribution < 1.29 is 4.79 Å². The van der Waals surface area contributed by atoms with Crippen molar-refractivity contribution in [3.63, 3.8) is 0 Å². The molecule has 0 saturated carbocycles. The van der Waals surface area contributed by atoms with Crippen LogP contribution in [0.5, 0.6) is 0 Å². The molecule has 0 aliphatic heterocycles. The Labute approximate surface area is 83.5 Å². The van der Waals surface area contributed by atoms with Crippen molar-refractivity contribution in [3.8, 4) is 6.07 Å². The maximum Gasteiger partial charge on any atom is 0.172 e. The van der Waals surface area contributed by atoms with Crippen molar-refractivity contribution in [3.05, 3.63) is 41.5 Å². The first-order valence-electron chi connectivity index (χ1n) is 4.37. The Kier molecular flexibility index (Phi) is 3.63. The molecule has 0 bridgehead atoms. The number of carbonyl (C=O) groups is 1. The van der Waals surface area contributed by atoms with Gasteiger partial charge in [0.25, 0.3) is 0 Å². The standard InChI is InChI=1S/C12H11NO/c1-10(12(14)7-8-13)9-11-5-3-2-4-6-11/h2-6,9H,7H2,1H3/b10-9+. The van der Waals surface area contributed by atoms with Gasteiger partial charge in [-0.25, -0.2) is 0 Å². The molecule has 1 aromatic rings. The monoisotopic (exact) mass is 185 g/mol. The molecule has 0 aliphatic rings. The summed E-state index contributed by atoms with van der Waals surface area (Å²) in [6.45, 7) is 1.73. The van der Waals surface area contributed by atoms with Crippen LogP contribution < -0.4 is 0 Å². The smallest absolute Gasteiger partial charge is 0.172 e. The van der Waals surface area contributed by atoms with Gasteiger partial charge in [-0.05, 0) is 24.1 Å². The van der Waals surface area contributed by atoms with Gasteiger partial charge in [0.2, 0.25) is 0 Å². The number of benzene rings is 1. The average molecular weight is 185 g/mol. The molecule has 0 N–H and O–H groups in total. The maximum absolute atomic E-state index is 11.3. The van der Waals surface area contributed by atoms with Crippen molar-refractivity contribution >= 4 is 11.9 Å². The third-order valence-electron chi connectivity index (χ3n) is 1.86. The Morgan fingerprint density at radius 3 is 2.64 bits per heavy atom. The van der Waals surface area contributed by atoms with E-state index in [1.807, 2.05) is 36.4 Å². The molecule has 0 atom stereocenters. The molecule has 70 valence electrons. The zero-order chi connectivity index (χ0) is 10.4. The van der Waals surface area contributed by atoms with Crippen LogP contribution >= 0.6 is 0 Å². The number of nitrogens with zero attached hydrogens (tertiary/aromatic N) is 1. The van der Waals surface area contributed by atoms with Crippen molar-refractivity contribution in [1.82, 2.24) is 0 Å². The molecule has 0 fully saturated rings. The molecule has 0 radical (unpaired) electrons. The average Bonchev–Trinajstić information content (AvgIpc) is 2.19. The highest BCUT2D eigenvalue weighted by atomic mass is 16.1. The van der Waals surface area contributed by atoms with E-state index in [1.165, 1.54) is 0 Å². The third-order valence-corrected chi connectivity index (χ3v) is 1.86. The fourth-order valence-electron chi connectivity index (χ4n) is 1.09. The zero-order valence-corrected chi connectivity index (χ0v) is 8.03. The summed E-state index contributed by atoms with van der Waals surface area (Å²) in [7, 11) is 0. The van der Waals surface area contributed by atoms with Gasteiger partial charge in [-0.2, -0.15) is 5.26 Å². The molecule has 0 aliphatic carbocycles. The lowest BCUT2D eigenvalue weighted by Gasteiger charge is -1.96. The second-order valence-corrected chi connectivity index (χ2v) is 3.00. The van der Waals surface area contributed by atoms with Crippen LogP contribution in [0, 0.1) is 11.3 Å². The van der Waals surface area contributed by atoms with Gasteiger partial charge in [-0.3, -0.25) is 4.79 Å². The van der Waals surface area contributed by atoms with Crippen LogP contribution in [0.15, 0.2) is 35.9 Å². The van der Waals surface area contributed by atoms with Gasteiger partial charge in [0, 0.05) is 0 Å².